The van der Waals surface area contributed by atoms with Gasteiger partial charge in [0.2, 0.25) is 0 Å². The van der Waals surface area contributed by atoms with Crippen LogP contribution in [0.3, 0.4) is 0 Å². The first-order valence-corrected chi connectivity index (χ1v) is 22.8. The molecule has 2 aromatic heterocycles. The zero-order valence-electron chi connectivity index (χ0n) is 36.4. The van der Waals surface area contributed by atoms with Crippen molar-refractivity contribution in [2.45, 2.75) is 0 Å². The van der Waals surface area contributed by atoms with E-state index in [4.69, 9.17) is 15.0 Å². The molecule has 0 saturated heterocycles. The van der Waals surface area contributed by atoms with E-state index in [0.29, 0.717) is 17.5 Å². The number of hydrogen-bond donors (Lipinski definition) is 0. The Morgan fingerprint density at radius 1 is 0.239 bits per heavy atom. The first-order chi connectivity index (χ1) is 33.2. The number of nitrogens with zero attached hydrogens (tertiary/aromatic N) is 4. The molecule has 13 aromatic rings. The smallest absolute Gasteiger partial charge is 0.164 e. The van der Waals surface area contributed by atoms with Gasteiger partial charge in [-0.25, -0.2) is 15.0 Å². The number of aromatic nitrogens is 4. The summed E-state index contributed by atoms with van der Waals surface area (Å²) >= 11 is 0. The van der Waals surface area contributed by atoms with Gasteiger partial charge in [0.15, 0.2) is 17.5 Å². The summed E-state index contributed by atoms with van der Waals surface area (Å²) in [5.74, 6) is 1.87. The molecule has 0 N–H and O–H groups in total. The highest BCUT2D eigenvalue weighted by atomic mass is 15.0. The van der Waals surface area contributed by atoms with Crippen LogP contribution in [-0.4, -0.2) is 19.5 Å². The van der Waals surface area contributed by atoms with Gasteiger partial charge in [-0.1, -0.05) is 206 Å². The maximum Gasteiger partial charge on any atom is 0.164 e. The van der Waals surface area contributed by atoms with Gasteiger partial charge in [0, 0.05) is 33.2 Å². The molecule has 0 saturated carbocycles. The second-order valence-corrected chi connectivity index (χ2v) is 17.2. The maximum atomic E-state index is 5.19. The van der Waals surface area contributed by atoms with Crippen LogP contribution in [0.5, 0.6) is 0 Å². The zero-order chi connectivity index (χ0) is 44.3. The normalized spacial score (nSPS) is 11.6. The lowest BCUT2D eigenvalue weighted by Crippen LogP contribution is -2.00. The van der Waals surface area contributed by atoms with E-state index in [2.05, 4.69) is 241 Å². The van der Waals surface area contributed by atoms with Crippen molar-refractivity contribution in [2.24, 2.45) is 0 Å². The predicted octanol–water partition coefficient (Wildman–Crippen LogP) is 16.4. The van der Waals surface area contributed by atoms with Crippen molar-refractivity contribution in [1.29, 1.82) is 0 Å². The highest BCUT2D eigenvalue weighted by Crippen LogP contribution is 2.41. The van der Waals surface area contributed by atoms with Crippen LogP contribution in [0.15, 0.2) is 243 Å². The van der Waals surface area contributed by atoms with Crippen molar-refractivity contribution >= 4 is 54.1 Å². The zero-order valence-corrected chi connectivity index (χ0v) is 36.4. The molecule has 2 heterocycles. The summed E-state index contributed by atoms with van der Waals surface area (Å²) in [5, 5.41) is 9.88. The standard InChI is InChI=1S/C63H40N4/c1-3-13-41(14-4-1)42-23-29-46(30-24-42)61-64-62(47-31-25-43(26-32-47)49-36-38-59-57(39-49)54-21-11-12-22-58(54)67(59)51-17-5-2-6-18-51)66-63(65-61)48-33-27-45(28-34-48)60-53-20-10-8-16-50(53)40-56-52-19-9-7-15-44(52)35-37-55(56)60/h1-40H. The molecule has 4 nitrogen and oxygen atoms in total. The molecule has 0 amide bonds. The van der Waals surface area contributed by atoms with Crippen LogP contribution in [0, 0.1) is 0 Å². The lowest BCUT2D eigenvalue weighted by Gasteiger charge is -2.14. The van der Waals surface area contributed by atoms with Crippen LogP contribution in [0.4, 0.5) is 0 Å². The molecule has 0 aliphatic carbocycles. The fourth-order valence-electron chi connectivity index (χ4n) is 9.94. The Labute approximate surface area is 387 Å². The van der Waals surface area contributed by atoms with Gasteiger partial charge in [-0.3, -0.25) is 0 Å². The van der Waals surface area contributed by atoms with Gasteiger partial charge in [-0.05, 0) is 102 Å². The third-order valence-electron chi connectivity index (χ3n) is 13.3. The second-order valence-electron chi connectivity index (χ2n) is 17.2. The number of para-hydroxylation sites is 2. The van der Waals surface area contributed by atoms with Gasteiger partial charge in [-0.2, -0.15) is 0 Å². The van der Waals surface area contributed by atoms with Crippen molar-refractivity contribution in [2.75, 3.05) is 0 Å². The predicted molar refractivity (Wildman–Crippen MR) is 279 cm³/mol. The topological polar surface area (TPSA) is 43.6 Å². The monoisotopic (exact) mass is 852 g/mol. The van der Waals surface area contributed by atoms with Crippen LogP contribution in [-0.2, 0) is 0 Å². The van der Waals surface area contributed by atoms with Gasteiger partial charge >= 0.3 is 0 Å². The van der Waals surface area contributed by atoms with E-state index in [9.17, 15) is 0 Å². The minimum Gasteiger partial charge on any atom is -0.309 e. The summed E-state index contributed by atoms with van der Waals surface area (Å²) in [4.78, 5) is 15.5. The third kappa shape index (κ3) is 6.74. The molecule has 67 heavy (non-hydrogen) atoms. The van der Waals surface area contributed by atoms with Gasteiger partial charge in [-0.15, -0.1) is 0 Å². The highest BCUT2D eigenvalue weighted by molar-refractivity contribution is 6.20. The third-order valence-corrected chi connectivity index (χ3v) is 13.3. The lowest BCUT2D eigenvalue weighted by atomic mass is 9.89. The number of benzene rings is 11. The summed E-state index contributed by atoms with van der Waals surface area (Å²) in [6.45, 7) is 0. The quantitative estimate of drug-likeness (QED) is 0.118. The van der Waals surface area contributed by atoms with Crippen molar-refractivity contribution in [3.05, 3.63) is 243 Å². The molecule has 0 bridgehead atoms. The molecule has 0 aliphatic heterocycles. The van der Waals surface area contributed by atoms with Gasteiger partial charge < -0.3 is 4.57 Å². The van der Waals surface area contributed by atoms with Crippen molar-refractivity contribution < 1.29 is 0 Å². The van der Waals surface area contributed by atoms with Crippen LogP contribution < -0.4 is 0 Å². The van der Waals surface area contributed by atoms with E-state index in [0.717, 1.165) is 44.6 Å². The SMILES string of the molecule is c1ccc(-c2ccc(-c3nc(-c4ccc(-c5ccc6c(c5)c5ccccc5n6-c5ccccc5)cc4)nc(-c4ccc(-c5c6ccccc6cc6c5ccc5ccccc56)cc4)n3)cc2)cc1. The Morgan fingerprint density at radius 3 is 1.36 bits per heavy atom. The maximum absolute atomic E-state index is 5.19. The van der Waals surface area contributed by atoms with E-state index in [1.54, 1.807) is 0 Å². The van der Waals surface area contributed by atoms with Crippen molar-refractivity contribution in [3.8, 4) is 73.2 Å². The van der Waals surface area contributed by atoms with E-state index in [1.807, 2.05) is 6.07 Å². The van der Waals surface area contributed by atoms with E-state index >= 15 is 0 Å². The van der Waals surface area contributed by atoms with Crippen LogP contribution in [0.2, 0.25) is 0 Å². The number of hydrogen-bond acceptors (Lipinski definition) is 3. The molecular weight excluding hydrogens is 813 g/mol. The Hall–Kier alpha value is -8.99. The molecule has 13 rings (SSSR count). The molecule has 0 aliphatic rings. The lowest BCUT2D eigenvalue weighted by molar-refractivity contribution is 1.07. The molecule has 0 spiro atoms. The summed E-state index contributed by atoms with van der Waals surface area (Å²) in [6, 6.07) is 86.5. The number of rotatable bonds is 7. The second kappa shape index (κ2) is 15.9. The minimum absolute atomic E-state index is 0.621. The largest absolute Gasteiger partial charge is 0.309 e. The molecule has 4 heteroatoms. The van der Waals surface area contributed by atoms with Crippen LogP contribution in [0.1, 0.15) is 0 Å². The molecule has 0 radical (unpaired) electrons. The Kier molecular flexibility index (Phi) is 9.14. The molecule has 312 valence electrons. The molecule has 11 aromatic carbocycles. The summed E-state index contributed by atoms with van der Waals surface area (Å²) < 4.78 is 2.35. The highest BCUT2D eigenvalue weighted by Gasteiger charge is 2.17. The molecule has 0 fully saturated rings. The minimum atomic E-state index is 0.621. The Balaban J connectivity index is 0.902. The van der Waals surface area contributed by atoms with Crippen molar-refractivity contribution in [1.82, 2.24) is 19.5 Å². The first kappa shape index (κ1) is 38.5. The number of fused-ring (bicyclic) bond motifs is 7. The molecule has 0 atom stereocenters. The first-order valence-electron chi connectivity index (χ1n) is 22.8. The van der Waals surface area contributed by atoms with E-state index in [1.165, 1.54) is 65.3 Å². The average molecular weight is 853 g/mol. The van der Waals surface area contributed by atoms with Crippen LogP contribution >= 0.6 is 0 Å². The van der Waals surface area contributed by atoms with Gasteiger partial charge in [0.1, 0.15) is 0 Å². The molecular formula is C63H40N4. The summed E-state index contributed by atoms with van der Waals surface area (Å²) in [6.07, 6.45) is 0. The Morgan fingerprint density at radius 2 is 0.701 bits per heavy atom. The van der Waals surface area contributed by atoms with Gasteiger partial charge in [0.05, 0.1) is 11.0 Å². The van der Waals surface area contributed by atoms with Crippen LogP contribution in [0.25, 0.3) is 127 Å². The van der Waals surface area contributed by atoms with E-state index in [-0.39, 0.29) is 0 Å². The van der Waals surface area contributed by atoms with E-state index < -0.39 is 0 Å². The summed E-state index contributed by atoms with van der Waals surface area (Å²) in [5.41, 5.74) is 13.2. The molecule has 0 unspecified atom stereocenters. The van der Waals surface area contributed by atoms with Gasteiger partial charge in [0.25, 0.3) is 0 Å². The Bertz CT molecular complexity index is 3990. The summed E-state index contributed by atoms with van der Waals surface area (Å²) in [7, 11) is 0. The fourth-order valence-corrected chi connectivity index (χ4v) is 9.94. The van der Waals surface area contributed by atoms with Crippen molar-refractivity contribution in [3.63, 3.8) is 0 Å². The average Bonchev–Trinajstić information content (AvgIpc) is 3.74. The fraction of sp³-hybridized carbons (Fsp3) is 0.